The van der Waals surface area contributed by atoms with E-state index in [1.54, 1.807) is 20.9 Å². The molecule has 0 amide bonds. The molecule has 0 bridgehead atoms. The van der Waals surface area contributed by atoms with E-state index in [2.05, 4.69) is 9.53 Å². The Morgan fingerprint density at radius 2 is 2.19 bits per heavy atom. The van der Waals surface area contributed by atoms with Gasteiger partial charge in [-0.05, 0) is 13.8 Å². The molecule has 0 aromatic rings. The van der Waals surface area contributed by atoms with Crippen LogP contribution in [0.3, 0.4) is 0 Å². The molecule has 0 saturated carbocycles. The zero-order chi connectivity index (χ0) is 12.6. The fourth-order valence-corrected chi connectivity index (χ4v) is 0.863. The summed E-state index contributed by atoms with van der Waals surface area (Å²) in [6.07, 6.45) is 3.48. The van der Waals surface area contributed by atoms with Gasteiger partial charge in [-0.25, -0.2) is 4.79 Å². The van der Waals surface area contributed by atoms with Gasteiger partial charge in [0, 0.05) is 19.3 Å². The van der Waals surface area contributed by atoms with Crippen molar-refractivity contribution in [2.24, 2.45) is 0 Å². The van der Waals surface area contributed by atoms with E-state index < -0.39 is 12.0 Å². The van der Waals surface area contributed by atoms with Gasteiger partial charge in [-0.15, -0.1) is 0 Å². The predicted octanol–water partition coefficient (Wildman–Crippen LogP) is 0.253. The van der Waals surface area contributed by atoms with Gasteiger partial charge in [-0.1, -0.05) is 0 Å². The van der Waals surface area contributed by atoms with Gasteiger partial charge in [0.1, 0.15) is 0 Å². The van der Waals surface area contributed by atoms with Crippen molar-refractivity contribution in [2.75, 3.05) is 13.7 Å². The number of hydrogen-bond donors (Lipinski definition) is 0. The molecule has 0 aliphatic rings. The third kappa shape index (κ3) is 5.07. The largest absolute Gasteiger partial charge is 0.463 e. The second-order valence-corrected chi connectivity index (χ2v) is 3.06. The van der Waals surface area contributed by atoms with E-state index in [4.69, 9.17) is 5.53 Å². The van der Waals surface area contributed by atoms with Crippen molar-refractivity contribution < 1.29 is 19.1 Å². The Morgan fingerprint density at radius 1 is 1.56 bits per heavy atom. The summed E-state index contributed by atoms with van der Waals surface area (Å²) in [6.45, 7) is 3.64. The summed E-state index contributed by atoms with van der Waals surface area (Å²) in [7, 11) is 1.63. The van der Waals surface area contributed by atoms with Crippen LogP contribution in [0.1, 0.15) is 13.8 Å². The van der Waals surface area contributed by atoms with Gasteiger partial charge in [0.25, 0.3) is 5.78 Å². The molecule has 0 aromatic heterocycles. The van der Waals surface area contributed by atoms with Crippen molar-refractivity contribution in [3.8, 4) is 0 Å². The van der Waals surface area contributed by atoms with Crippen molar-refractivity contribution in [1.29, 1.82) is 0 Å². The molecule has 0 aliphatic carbocycles. The molecule has 0 fully saturated rings. The van der Waals surface area contributed by atoms with E-state index in [-0.39, 0.29) is 5.78 Å². The maximum absolute atomic E-state index is 11.3. The van der Waals surface area contributed by atoms with Gasteiger partial charge in [-0.2, -0.15) is 4.79 Å². The first-order valence-corrected chi connectivity index (χ1v) is 4.81. The monoisotopic (exact) mass is 225 g/mol. The van der Waals surface area contributed by atoms with Gasteiger partial charge in [0.05, 0.1) is 12.6 Å². The Labute approximate surface area is 94.1 Å². The summed E-state index contributed by atoms with van der Waals surface area (Å²) < 4.78 is 4.68. The molecule has 0 spiro atoms. The minimum atomic E-state index is -0.512. The maximum Gasteiger partial charge on any atom is 0.332 e. The summed E-state index contributed by atoms with van der Waals surface area (Å²) >= 11 is 0. The molecule has 16 heavy (non-hydrogen) atoms. The number of carbonyl (C=O) groups is 2. The molecule has 0 aromatic carbocycles. The second kappa shape index (κ2) is 7.36. The number of ketones is 1. The van der Waals surface area contributed by atoms with Crippen LogP contribution in [-0.4, -0.2) is 47.4 Å². The lowest BCUT2D eigenvalue weighted by atomic mass is 10.2. The third-order valence-electron chi connectivity index (χ3n) is 1.94. The normalized spacial score (nSPS) is 11.7. The number of rotatable bonds is 6. The van der Waals surface area contributed by atoms with Crippen LogP contribution < -0.4 is 0 Å². The van der Waals surface area contributed by atoms with E-state index in [1.165, 1.54) is 17.2 Å². The molecule has 0 N–H and O–H groups in total. The van der Waals surface area contributed by atoms with Gasteiger partial charge < -0.3 is 15.2 Å². The maximum atomic E-state index is 11.3. The molecular formula is C10H15N3O3. The summed E-state index contributed by atoms with van der Waals surface area (Å²) in [5.41, 5.74) is 8.19. The highest BCUT2D eigenvalue weighted by molar-refractivity contribution is 6.27. The first-order chi connectivity index (χ1) is 7.52. The Kier molecular flexibility index (Phi) is 6.47. The standard InChI is InChI=1S/C10H15N3O3/c1-4-16-10(15)5-6-13(3)8(2)9(14)7-12-11/h5-8H,4H2,1-3H3/b6-5+. The van der Waals surface area contributed by atoms with E-state index in [1.807, 2.05) is 0 Å². The molecule has 1 unspecified atom stereocenters. The number of Topliss-reactive ketones (excluding diaryl/α,β-unsaturated/α-hetero) is 1. The first-order valence-electron chi connectivity index (χ1n) is 4.81. The zero-order valence-electron chi connectivity index (χ0n) is 9.58. The highest BCUT2D eigenvalue weighted by Crippen LogP contribution is 1.97. The zero-order valence-corrected chi connectivity index (χ0v) is 9.58. The van der Waals surface area contributed by atoms with Crippen LogP contribution >= 0.6 is 0 Å². The van der Waals surface area contributed by atoms with E-state index >= 15 is 0 Å². The van der Waals surface area contributed by atoms with E-state index in [9.17, 15) is 9.59 Å². The summed E-state index contributed by atoms with van der Waals surface area (Å²) in [5.74, 6) is -0.830. The molecular weight excluding hydrogens is 210 g/mol. The lowest BCUT2D eigenvalue weighted by molar-refractivity contribution is -0.137. The molecule has 0 heterocycles. The van der Waals surface area contributed by atoms with Gasteiger partial charge in [0.15, 0.2) is 0 Å². The number of ether oxygens (including phenoxy) is 1. The van der Waals surface area contributed by atoms with Gasteiger partial charge in [0.2, 0.25) is 0 Å². The molecule has 0 aliphatic heterocycles. The molecule has 0 rings (SSSR count). The SMILES string of the molecule is CCOC(=O)/C=C/N(C)C(C)C(=O)C=[N+]=[N-]. The highest BCUT2D eigenvalue weighted by atomic mass is 16.5. The number of likely N-dealkylation sites (N-methyl/N-ethyl adjacent to an activating group) is 1. The summed E-state index contributed by atoms with van der Waals surface area (Å²) in [4.78, 5) is 26.4. The Bertz CT molecular complexity index is 332. The van der Waals surface area contributed by atoms with Crippen molar-refractivity contribution in [3.63, 3.8) is 0 Å². The van der Waals surface area contributed by atoms with Gasteiger partial charge in [-0.3, -0.25) is 4.79 Å². The average Bonchev–Trinajstić information content (AvgIpc) is 2.25. The molecule has 0 radical (unpaired) electrons. The molecule has 6 nitrogen and oxygen atoms in total. The first kappa shape index (κ1) is 14.1. The second-order valence-electron chi connectivity index (χ2n) is 3.06. The molecule has 88 valence electrons. The highest BCUT2D eigenvalue weighted by Gasteiger charge is 2.16. The van der Waals surface area contributed by atoms with Crippen LogP contribution in [0.25, 0.3) is 5.53 Å². The average molecular weight is 225 g/mol. The van der Waals surface area contributed by atoms with Crippen molar-refractivity contribution in [1.82, 2.24) is 4.90 Å². The van der Waals surface area contributed by atoms with Gasteiger partial charge >= 0.3 is 12.2 Å². The Hall–Kier alpha value is -1.94. The molecule has 0 saturated heterocycles. The molecule has 6 heteroatoms. The third-order valence-corrected chi connectivity index (χ3v) is 1.94. The number of hydrogen-bond acceptors (Lipinski definition) is 4. The van der Waals surface area contributed by atoms with Crippen LogP contribution in [-0.2, 0) is 14.3 Å². The van der Waals surface area contributed by atoms with Crippen molar-refractivity contribution in [2.45, 2.75) is 19.9 Å². The summed E-state index contributed by atoms with van der Waals surface area (Å²) in [5, 5.41) is 0. The number of nitrogens with zero attached hydrogens (tertiary/aromatic N) is 3. The van der Waals surface area contributed by atoms with Crippen LogP contribution in [0, 0.1) is 0 Å². The van der Waals surface area contributed by atoms with Crippen LogP contribution in [0.4, 0.5) is 0 Å². The Balaban J connectivity index is 4.34. The minimum Gasteiger partial charge on any atom is -0.463 e. The van der Waals surface area contributed by atoms with Crippen molar-refractivity contribution in [3.05, 3.63) is 17.8 Å². The van der Waals surface area contributed by atoms with E-state index in [0.29, 0.717) is 6.61 Å². The van der Waals surface area contributed by atoms with E-state index in [0.717, 1.165) is 6.21 Å². The van der Waals surface area contributed by atoms with Crippen LogP contribution in [0.2, 0.25) is 0 Å². The van der Waals surface area contributed by atoms with Crippen molar-refractivity contribution >= 4 is 18.0 Å². The number of carbonyl (C=O) groups excluding carboxylic acids is 2. The Morgan fingerprint density at radius 3 is 2.69 bits per heavy atom. The minimum absolute atomic E-state index is 0.304. The predicted molar refractivity (Wildman–Crippen MR) is 57.7 cm³/mol. The quantitative estimate of drug-likeness (QED) is 0.213. The fraction of sp³-hybridized carbons (Fsp3) is 0.500. The van der Waals surface area contributed by atoms with Crippen LogP contribution in [0.5, 0.6) is 0 Å². The molecule has 1 atom stereocenters. The smallest absolute Gasteiger partial charge is 0.332 e. The lowest BCUT2D eigenvalue weighted by Crippen LogP contribution is -2.33. The number of esters is 1. The topological polar surface area (TPSA) is 83.0 Å². The fourth-order valence-electron chi connectivity index (χ4n) is 0.863. The summed E-state index contributed by atoms with van der Waals surface area (Å²) in [6, 6.07) is -0.512. The lowest BCUT2D eigenvalue weighted by Gasteiger charge is -2.18. The van der Waals surface area contributed by atoms with Crippen LogP contribution in [0.15, 0.2) is 12.3 Å².